The standard InChI is InChI=1S/C12H16N2O6/c15-9-3-1-2-6-19-12(18)8-20-11(17)4-5-13-10(16)7-14-9/h1,3H,2,4-8H2,(H,13,16)(H,14,15). The van der Waals surface area contributed by atoms with E-state index in [9.17, 15) is 19.2 Å². The van der Waals surface area contributed by atoms with Crippen LogP contribution in [0.25, 0.3) is 0 Å². The molecule has 1 rings (SSSR count). The molecule has 0 saturated heterocycles. The Labute approximate surface area is 115 Å². The van der Waals surface area contributed by atoms with Gasteiger partial charge in [-0.05, 0) is 6.08 Å². The van der Waals surface area contributed by atoms with E-state index in [2.05, 4.69) is 15.4 Å². The van der Waals surface area contributed by atoms with Crippen molar-refractivity contribution in [2.24, 2.45) is 0 Å². The summed E-state index contributed by atoms with van der Waals surface area (Å²) in [6, 6.07) is 0. The summed E-state index contributed by atoms with van der Waals surface area (Å²) in [5, 5.41) is 4.80. The van der Waals surface area contributed by atoms with Crippen LogP contribution in [0.4, 0.5) is 0 Å². The van der Waals surface area contributed by atoms with Crippen molar-refractivity contribution in [1.29, 1.82) is 0 Å². The van der Waals surface area contributed by atoms with Crippen LogP contribution in [0.15, 0.2) is 12.2 Å². The van der Waals surface area contributed by atoms with Gasteiger partial charge in [0.05, 0.1) is 19.6 Å². The molecule has 0 unspecified atom stereocenters. The fraction of sp³-hybridized carbons (Fsp3) is 0.500. The zero-order chi connectivity index (χ0) is 14.8. The Morgan fingerprint density at radius 1 is 1.00 bits per heavy atom. The van der Waals surface area contributed by atoms with Crippen LogP contribution in [-0.2, 0) is 28.7 Å². The molecule has 0 aromatic carbocycles. The predicted octanol–water partition coefficient (Wildman–Crippen LogP) is -1.34. The number of carbonyl (C=O) groups excluding carboxylic acids is 4. The Kier molecular flexibility index (Phi) is 6.80. The number of nitrogens with one attached hydrogen (secondary N) is 2. The van der Waals surface area contributed by atoms with E-state index in [1.807, 2.05) is 0 Å². The Morgan fingerprint density at radius 3 is 2.60 bits per heavy atom. The van der Waals surface area contributed by atoms with E-state index in [4.69, 9.17) is 4.74 Å². The molecule has 0 fully saturated rings. The summed E-state index contributed by atoms with van der Waals surface area (Å²) in [7, 11) is 0. The quantitative estimate of drug-likeness (QED) is 0.532. The number of carbonyl (C=O) groups is 4. The van der Waals surface area contributed by atoms with Gasteiger partial charge in [-0.15, -0.1) is 0 Å². The van der Waals surface area contributed by atoms with E-state index in [1.165, 1.54) is 12.2 Å². The van der Waals surface area contributed by atoms with Crippen LogP contribution in [0.2, 0.25) is 0 Å². The molecule has 2 N–H and O–H groups in total. The van der Waals surface area contributed by atoms with Gasteiger partial charge in [-0.25, -0.2) is 4.79 Å². The van der Waals surface area contributed by atoms with Crippen molar-refractivity contribution in [3.8, 4) is 0 Å². The van der Waals surface area contributed by atoms with Gasteiger partial charge in [0.25, 0.3) is 0 Å². The fourth-order valence-electron chi connectivity index (χ4n) is 1.28. The third kappa shape index (κ3) is 7.14. The van der Waals surface area contributed by atoms with Gasteiger partial charge in [-0.3, -0.25) is 14.4 Å². The van der Waals surface area contributed by atoms with Gasteiger partial charge in [0.2, 0.25) is 11.8 Å². The number of cyclic esters (lactones) is 2. The van der Waals surface area contributed by atoms with Gasteiger partial charge >= 0.3 is 11.9 Å². The number of ether oxygens (including phenoxy) is 2. The van der Waals surface area contributed by atoms with E-state index >= 15 is 0 Å². The van der Waals surface area contributed by atoms with Gasteiger partial charge in [0, 0.05) is 13.0 Å². The lowest BCUT2D eigenvalue weighted by Crippen LogP contribution is -2.37. The average molecular weight is 284 g/mol. The highest BCUT2D eigenvalue weighted by atomic mass is 16.6. The predicted molar refractivity (Wildman–Crippen MR) is 66.3 cm³/mol. The molecule has 0 radical (unpaired) electrons. The van der Waals surface area contributed by atoms with Crippen molar-refractivity contribution >= 4 is 23.8 Å². The smallest absolute Gasteiger partial charge is 0.344 e. The zero-order valence-corrected chi connectivity index (χ0v) is 10.8. The molecule has 1 aliphatic heterocycles. The number of amides is 2. The molecule has 8 nitrogen and oxygen atoms in total. The van der Waals surface area contributed by atoms with Crippen LogP contribution in [0, 0.1) is 0 Å². The lowest BCUT2D eigenvalue weighted by atomic mass is 10.3. The minimum Gasteiger partial charge on any atom is -0.463 e. The first-order valence-corrected chi connectivity index (χ1v) is 6.10. The topological polar surface area (TPSA) is 111 Å². The van der Waals surface area contributed by atoms with Crippen molar-refractivity contribution in [2.75, 3.05) is 26.3 Å². The highest BCUT2D eigenvalue weighted by Crippen LogP contribution is 1.91. The number of hydrogen-bond donors (Lipinski definition) is 2. The second-order valence-corrected chi connectivity index (χ2v) is 3.89. The van der Waals surface area contributed by atoms with E-state index < -0.39 is 30.4 Å². The van der Waals surface area contributed by atoms with E-state index in [0.717, 1.165) is 0 Å². The first-order valence-electron chi connectivity index (χ1n) is 6.10. The van der Waals surface area contributed by atoms with Gasteiger partial charge in [-0.1, -0.05) is 6.08 Å². The second kappa shape index (κ2) is 8.68. The molecular formula is C12H16N2O6. The summed E-state index contributed by atoms with van der Waals surface area (Å²) >= 11 is 0. The van der Waals surface area contributed by atoms with Gasteiger partial charge in [-0.2, -0.15) is 0 Å². The molecule has 0 spiro atoms. The summed E-state index contributed by atoms with van der Waals surface area (Å²) in [4.78, 5) is 45.0. The summed E-state index contributed by atoms with van der Waals surface area (Å²) in [5.74, 6) is -2.10. The van der Waals surface area contributed by atoms with Crippen molar-refractivity contribution in [1.82, 2.24) is 10.6 Å². The maximum Gasteiger partial charge on any atom is 0.344 e. The van der Waals surface area contributed by atoms with E-state index in [1.54, 1.807) is 0 Å². The summed E-state index contributed by atoms with van der Waals surface area (Å²) in [6.07, 6.45) is 3.05. The molecule has 0 aromatic rings. The Hall–Kier alpha value is -2.38. The average Bonchev–Trinajstić information content (AvgIpc) is 2.41. The molecule has 110 valence electrons. The Balaban J connectivity index is 2.50. The van der Waals surface area contributed by atoms with E-state index in [-0.39, 0.29) is 26.1 Å². The van der Waals surface area contributed by atoms with Crippen molar-refractivity contribution < 1.29 is 28.7 Å². The molecule has 8 heteroatoms. The highest BCUT2D eigenvalue weighted by molar-refractivity contribution is 5.91. The number of hydrogen-bond acceptors (Lipinski definition) is 6. The lowest BCUT2D eigenvalue weighted by Gasteiger charge is -2.07. The molecule has 2 amide bonds. The second-order valence-electron chi connectivity index (χ2n) is 3.89. The highest BCUT2D eigenvalue weighted by Gasteiger charge is 2.10. The number of rotatable bonds is 0. The molecular weight excluding hydrogens is 268 g/mol. The third-order valence-electron chi connectivity index (χ3n) is 2.24. The summed E-state index contributed by atoms with van der Waals surface area (Å²) < 4.78 is 9.43. The largest absolute Gasteiger partial charge is 0.463 e. The zero-order valence-electron chi connectivity index (χ0n) is 10.8. The SMILES string of the molecule is O=C1C=CCCOC(=O)COC(=O)CCNC(=O)CN1. The molecule has 0 aliphatic carbocycles. The van der Waals surface area contributed by atoms with Crippen LogP contribution in [0.3, 0.4) is 0 Å². The van der Waals surface area contributed by atoms with Crippen molar-refractivity contribution in [2.45, 2.75) is 12.8 Å². The number of esters is 2. The van der Waals surface area contributed by atoms with Crippen LogP contribution >= 0.6 is 0 Å². The lowest BCUT2D eigenvalue weighted by molar-refractivity contribution is -0.158. The van der Waals surface area contributed by atoms with Crippen LogP contribution < -0.4 is 10.6 Å². The normalized spacial score (nSPS) is 19.6. The molecule has 0 saturated carbocycles. The van der Waals surface area contributed by atoms with Crippen LogP contribution in [0.1, 0.15) is 12.8 Å². The van der Waals surface area contributed by atoms with Crippen LogP contribution in [-0.4, -0.2) is 50.1 Å². The first kappa shape index (κ1) is 15.7. The monoisotopic (exact) mass is 284 g/mol. The molecule has 1 heterocycles. The Bertz CT molecular complexity index is 418. The first-order chi connectivity index (χ1) is 9.58. The molecule has 20 heavy (non-hydrogen) atoms. The fourth-order valence-corrected chi connectivity index (χ4v) is 1.28. The maximum absolute atomic E-state index is 11.3. The van der Waals surface area contributed by atoms with Gasteiger partial charge < -0.3 is 20.1 Å². The van der Waals surface area contributed by atoms with Gasteiger partial charge in [0.1, 0.15) is 0 Å². The minimum atomic E-state index is -0.660. The third-order valence-corrected chi connectivity index (χ3v) is 2.24. The van der Waals surface area contributed by atoms with E-state index in [0.29, 0.717) is 6.42 Å². The summed E-state index contributed by atoms with van der Waals surface area (Å²) in [5.41, 5.74) is 0. The van der Waals surface area contributed by atoms with Crippen molar-refractivity contribution in [3.63, 3.8) is 0 Å². The van der Waals surface area contributed by atoms with Gasteiger partial charge in [0.15, 0.2) is 6.61 Å². The minimum absolute atomic E-state index is 0.0626. The van der Waals surface area contributed by atoms with Crippen LogP contribution in [0.5, 0.6) is 0 Å². The molecule has 0 atom stereocenters. The molecule has 0 bridgehead atoms. The van der Waals surface area contributed by atoms with Crippen molar-refractivity contribution in [3.05, 3.63) is 12.2 Å². The molecule has 0 aromatic heterocycles. The Morgan fingerprint density at radius 2 is 1.80 bits per heavy atom. The maximum atomic E-state index is 11.3. The molecule has 1 aliphatic rings. The summed E-state index contributed by atoms with van der Waals surface area (Å²) in [6.45, 7) is -0.483.